The van der Waals surface area contributed by atoms with Crippen molar-refractivity contribution in [1.29, 1.82) is 0 Å². The summed E-state index contributed by atoms with van der Waals surface area (Å²) in [5.41, 5.74) is 2.20. The second-order valence-electron chi connectivity index (χ2n) is 7.37. The molecular formula is C20H22ClN5S2. The van der Waals surface area contributed by atoms with Crippen molar-refractivity contribution in [1.82, 2.24) is 19.7 Å². The Morgan fingerprint density at radius 2 is 1.86 bits per heavy atom. The fourth-order valence-electron chi connectivity index (χ4n) is 3.57. The van der Waals surface area contributed by atoms with Gasteiger partial charge in [-0.05, 0) is 44.2 Å². The summed E-state index contributed by atoms with van der Waals surface area (Å²) < 4.78 is 2.38. The summed E-state index contributed by atoms with van der Waals surface area (Å²) in [5, 5.41) is 14.1. The van der Waals surface area contributed by atoms with Crippen LogP contribution in [0.3, 0.4) is 0 Å². The van der Waals surface area contributed by atoms with Crippen molar-refractivity contribution in [3.8, 4) is 10.6 Å². The van der Waals surface area contributed by atoms with Crippen LogP contribution >= 0.6 is 34.7 Å². The summed E-state index contributed by atoms with van der Waals surface area (Å²) in [6.45, 7) is 2.21. The van der Waals surface area contributed by atoms with Crippen LogP contribution in [0.5, 0.6) is 0 Å². The van der Waals surface area contributed by atoms with E-state index < -0.39 is 0 Å². The molecule has 5 nitrogen and oxygen atoms in total. The van der Waals surface area contributed by atoms with E-state index in [0.717, 1.165) is 51.2 Å². The average molecular weight is 432 g/mol. The van der Waals surface area contributed by atoms with Crippen molar-refractivity contribution in [2.75, 3.05) is 18.0 Å². The van der Waals surface area contributed by atoms with Crippen LogP contribution in [0.2, 0.25) is 5.02 Å². The highest BCUT2D eigenvalue weighted by atomic mass is 35.5. The molecule has 0 N–H and O–H groups in total. The van der Waals surface area contributed by atoms with Crippen LogP contribution < -0.4 is 4.90 Å². The molecule has 3 heterocycles. The molecule has 1 aliphatic carbocycles. The maximum absolute atomic E-state index is 5.99. The van der Waals surface area contributed by atoms with Crippen molar-refractivity contribution in [3.63, 3.8) is 0 Å². The third kappa shape index (κ3) is 3.93. The lowest BCUT2D eigenvalue weighted by Crippen LogP contribution is -2.31. The van der Waals surface area contributed by atoms with E-state index in [1.807, 2.05) is 24.3 Å². The predicted octanol–water partition coefficient (Wildman–Crippen LogP) is 5.67. The molecule has 0 radical (unpaired) electrons. The number of aromatic nitrogens is 4. The molecular weight excluding hydrogens is 410 g/mol. The van der Waals surface area contributed by atoms with Gasteiger partial charge >= 0.3 is 0 Å². The fourth-order valence-corrected chi connectivity index (χ4v) is 5.52. The third-order valence-electron chi connectivity index (χ3n) is 5.19. The van der Waals surface area contributed by atoms with E-state index in [4.69, 9.17) is 16.6 Å². The Bertz CT molecular complexity index is 942. The number of halogens is 1. The summed E-state index contributed by atoms with van der Waals surface area (Å²) in [6, 6.07) is 8.44. The van der Waals surface area contributed by atoms with Gasteiger partial charge in [0.05, 0.1) is 5.69 Å². The predicted molar refractivity (Wildman–Crippen MR) is 116 cm³/mol. The van der Waals surface area contributed by atoms with Gasteiger partial charge in [0.2, 0.25) is 5.95 Å². The van der Waals surface area contributed by atoms with E-state index in [1.165, 1.54) is 32.1 Å². The minimum absolute atomic E-state index is 0.578. The molecule has 3 aromatic rings. The SMILES string of the molecule is Clc1ccc(-c2nc(CSc3nnc(N4CCCCC4)n3C3CC3)cs2)cc1. The van der Waals surface area contributed by atoms with Gasteiger partial charge in [0, 0.05) is 40.9 Å². The molecule has 5 rings (SSSR count). The highest BCUT2D eigenvalue weighted by Crippen LogP contribution is 2.42. The molecule has 2 aromatic heterocycles. The molecule has 0 bridgehead atoms. The lowest BCUT2D eigenvalue weighted by molar-refractivity contribution is 0.548. The molecule has 1 saturated heterocycles. The van der Waals surface area contributed by atoms with E-state index in [0.29, 0.717) is 6.04 Å². The highest BCUT2D eigenvalue weighted by molar-refractivity contribution is 7.98. The second-order valence-corrected chi connectivity index (χ2v) is 9.61. The molecule has 28 heavy (non-hydrogen) atoms. The first-order valence-corrected chi connectivity index (χ1v) is 12.1. The first-order chi connectivity index (χ1) is 13.8. The van der Waals surface area contributed by atoms with Crippen molar-refractivity contribution in [3.05, 3.63) is 40.4 Å². The van der Waals surface area contributed by atoms with Crippen molar-refractivity contribution in [2.45, 2.75) is 49.1 Å². The van der Waals surface area contributed by atoms with Crippen molar-refractivity contribution >= 4 is 40.6 Å². The third-order valence-corrected chi connectivity index (χ3v) is 7.36. The van der Waals surface area contributed by atoms with Crippen LogP contribution in [0.25, 0.3) is 10.6 Å². The van der Waals surface area contributed by atoms with Crippen molar-refractivity contribution < 1.29 is 0 Å². The lowest BCUT2D eigenvalue weighted by Gasteiger charge is -2.27. The molecule has 0 amide bonds. The van der Waals surface area contributed by atoms with E-state index in [1.54, 1.807) is 23.1 Å². The van der Waals surface area contributed by atoms with E-state index in [9.17, 15) is 0 Å². The number of thioether (sulfide) groups is 1. The maximum atomic E-state index is 5.99. The number of piperidine rings is 1. The van der Waals surface area contributed by atoms with Crippen molar-refractivity contribution in [2.24, 2.45) is 0 Å². The Balaban J connectivity index is 1.30. The van der Waals surface area contributed by atoms with Crippen LogP contribution in [-0.2, 0) is 5.75 Å². The normalized spacial score (nSPS) is 17.2. The molecule has 2 aliphatic rings. The molecule has 1 aromatic carbocycles. The van der Waals surface area contributed by atoms with E-state index >= 15 is 0 Å². The van der Waals surface area contributed by atoms with Gasteiger partial charge in [0.25, 0.3) is 0 Å². The zero-order chi connectivity index (χ0) is 18.9. The summed E-state index contributed by atoms with van der Waals surface area (Å²) in [7, 11) is 0. The molecule has 0 spiro atoms. The van der Waals surface area contributed by atoms with Crippen LogP contribution in [0.4, 0.5) is 5.95 Å². The van der Waals surface area contributed by atoms with Gasteiger partial charge in [-0.3, -0.25) is 4.57 Å². The largest absolute Gasteiger partial charge is 0.341 e. The van der Waals surface area contributed by atoms with Crippen LogP contribution in [0.15, 0.2) is 34.8 Å². The Labute approximate surface area is 178 Å². The Morgan fingerprint density at radius 1 is 1.07 bits per heavy atom. The van der Waals surface area contributed by atoms with Crippen LogP contribution in [0.1, 0.15) is 43.8 Å². The molecule has 1 saturated carbocycles. The summed E-state index contributed by atoms with van der Waals surface area (Å²) in [6.07, 6.45) is 6.32. The molecule has 1 aliphatic heterocycles. The number of thiazole rings is 1. The average Bonchev–Trinajstić information content (AvgIpc) is 3.30. The zero-order valence-electron chi connectivity index (χ0n) is 15.6. The molecule has 2 fully saturated rings. The minimum atomic E-state index is 0.578. The summed E-state index contributed by atoms with van der Waals surface area (Å²) >= 11 is 9.41. The van der Waals surface area contributed by atoms with Gasteiger partial charge in [-0.1, -0.05) is 35.5 Å². The number of rotatable bonds is 6. The zero-order valence-corrected chi connectivity index (χ0v) is 17.9. The van der Waals surface area contributed by atoms with Gasteiger partial charge in [-0.15, -0.1) is 21.5 Å². The first kappa shape index (κ1) is 18.5. The molecule has 0 unspecified atom stereocenters. The quantitative estimate of drug-likeness (QED) is 0.470. The van der Waals surface area contributed by atoms with Gasteiger partial charge in [-0.25, -0.2) is 4.98 Å². The maximum Gasteiger partial charge on any atom is 0.228 e. The Kier molecular flexibility index (Phi) is 5.30. The second kappa shape index (κ2) is 8.05. The number of nitrogens with zero attached hydrogens (tertiary/aromatic N) is 5. The van der Waals surface area contributed by atoms with E-state index in [-0.39, 0.29) is 0 Å². The number of benzene rings is 1. The topological polar surface area (TPSA) is 46.8 Å². The Morgan fingerprint density at radius 3 is 2.61 bits per heavy atom. The highest BCUT2D eigenvalue weighted by Gasteiger charge is 2.32. The number of hydrogen-bond donors (Lipinski definition) is 0. The van der Waals surface area contributed by atoms with Gasteiger partial charge in [-0.2, -0.15) is 0 Å². The number of anilines is 1. The van der Waals surface area contributed by atoms with E-state index in [2.05, 4.69) is 25.0 Å². The van der Waals surface area contributed by atoms with Gasteiger partial charge in [0.15, 0.2) is 5.16 Å². The molecule has 146 valence electrons. The summed E-state index contributed by atoms with van der Waals surface area (Å²) in [4.78, 5) is 7.22. The Hall–Kier alpha value is -1.57. The molecule has 8 heteroatoms. The van der Waals surface area contributed by atoms with Gasteiger partial charge in [0.1, 0.15) is 5.01 Å². The fraction of sp³-hybridized carbons (Fsp3) is 0.450. The summed E-state index contributed by atoms with van der Waals surface area (Å²) in [5.74, 6) is 1.89. The molecule has 0 atom stereocenters. The minimum Gasteiger partial charge on any atom is -0.341 e. The lowest BCUT2D eigenvalue weighted by atomic mass is 10.1. The van der Waals surface area contributed by atoms with Gasteiger partial charge < -0.3 is 4.90 Å². The monoisotopic (exact) mass is 431 g/mol. The van der Waals surface area contributed by atoms with Crippen LogP contribution in [-0.4, -0.2) is 32.8 Å². The number of hydrogen-bond acceptors (Lipinski definition) is 6. The standard InChI is InChI=1S/C20H22ClN5S2/c21-15-6-4-14(5-7-15)18-22-16(12-27-18)13-28-20-24-23-19(26(20)17-8-9-17)25-10-2-1-3-11-25/h4-7,12,17H,1-3,8-11,13H2. The van der Waals surface area contributed by atoms with Crippen LogP contribution in [0, 0.1) is 0 Å². The smallest absolute Gasteiger partial charge is 0.228 e. The first-order valence-electron chi connectivity index (χ1n) is 9.81.